The second kappa shape index (κ2) is 8.70. The van der Waals surface area contributed by atoms with Gasteiger partial charge in [-0.3, -0.25) is 4.90 Å². The molecule has 0 radical (unpaired) electrons. The van der Waals surface area contributed by atoms with Crippen LogP contribution in [0.1, 0.15) is 32.3 Å². The largest absolute Gasteiger partial charge is 0.444 e. The van der Waals surface area contributed by atoms with E-state index in [1.165, 1.54) is 0 Å². The van der Waals surface area contributed by atoms with Crippen molar-refractivity contribution in [2.75, 3.05) is 0 Å². The van der Waals surface area contributed by atoms with Crippen LogP contribution in [0, 0.1) is 0 Å². The zero-order chi connectivity index (χ0) is 15.1. The van der Waals surface area contributed by atoms with E-state index in [9.17, 15) is 4.79 Å². The summed E-state index contributed by atoms with van der Waals surface area (Å²) in [5.41, 5.74) is 0.891. The van der Waals surface area contributed by atoms with Crippen molar-refractivity contribution in [2.45, 2.75) is 44.0 Å². The van der Waals surface area contributed by atoms with Gasteiger partial charge in [0.25, 0.3) is 0 Å². The normalized spacial score (nSPS) is 13.7. The number of thiol groups is 2. The summed E-state index contributed by atoms with van der Waals surface area (Å²) in [6.45, 7) is 4.14. The third-order valence-electron chi connectivity index (χ3n) is 2.86. The number of hydrogen-bond donors (Lipinski definition) is 2. The molecule has 0 saturated carbocycles. The molecule has 0 spiro atoms. The molecule has 1 aromatic carbocycles. The second-order valence-electron chi connectivity index (χ2n) is 4.37. The van der Waals surface area contributed by atoms with E-state index in [0.29, 0.717) is 5.02 Å². The minimum atomic E-state index is -0.399. The second-order valence-corrected chi connectivity index (χ2v) is 5.99. The number of hydrogen-bond acceptors (Lipinski definition) is 4. The van der Waals surface area contributed by atoms with Gasteiger partial charge in [-0.05, 0) is 30.5 Å². The van der Waals surface area contributed by atoms with E-state index in [4.69, 9.17) is 16.3 Å². The van der Waals surface area contributed by atoms with Crippen LogP contribution < -0.4 is 0 Å². The van der Waals surface area contributed by atoms with Gasteiger partial charge < -0.3 is 4.74 Å². The van der Waals surface area contributed by atoms with Crippen LogP contribution >= 0.6 is 36.9 Å². The maximum absolute atomic E-state index is 12.2. The van der Waals surface area contributed by atoms with Crippen molar-refractivity contribution in [3.8, 4) is 0 Å². The van der Waals surface area contributed by atoms with Crippen LogP contribution in [0.2, 0.25) is 5.02 Å². The van der Waals surface area contributed by atoms with Crippen molar-refractivity contribution in [3.63, 3.8) is 0 Å². The third-order valence-corrected chi connectivity index (χ3v) is 4.34. The molecule has 1 amide bonds. The maximum atomic E-state index is 12.2. The molecule has 0 N–H and O–H groups in total. The Balaban J connectivity index is 2.64. The quantitative estimate of drug-likeness (QED) is 0.588. The van der Waals surface area contributed by atoms with Gasteiger partial charge in [0.1, 0.15) is 6.61 Å². The molecule has 0 heterocycles. The van der Waals surface area contributed by atoms with Gasteiger partial charge in [-0.25, -0.2) is 4.79 Å². The first-order valence-corrected chi connectivity index (χ1v) is 7.96. The molecule has 0 aliphatic heterocycles. The molecule has 6 heteroatoms. The van der Waals surface area contributed by atoms with Gasteiger partial charge in [0.2, 0.25) is 0 Å². The van der Waals surface area contributed by atoms with E-state index < -0.39 is 6.09 Å². The van der Waals surface area contributed by atoms with Crippen LogP contribution in [0.15, 0.2) is 24.3 Å². The van der Waals surface area contributed by atoms with Crippen molar-refractivity contribution >= 4 is 43.0 Å². The fraction of sp³-hybridized carbons (Fsp3) is 0.500. The minimum Gasteiger partial charge on any atom is -0.444 e. The first-order valence-electron chi connectivity index (χ1n) is 6.55. The zero-order valence-electron chi connectivity index (χ0n) is 11.6. The number of halogens is 1. The summed E-state index contributed by atoms with van der Waals surface area (Å²) in [6, 6.07) is 7.19. The lowest BCUT2D eigenvalue weighted by atomic mass is 10.2. The number of carbonyl (C=O) groups excluding carboxylic acids is 1. The van der Waals surface area contributed by atoms with Crippen LogP contribution in [-0.2, 0) is 11.3 Å². The number of rotatable bonds is 6. The molecule has 0 saturated heterocycles. The highest BCUT2D eigenvalue weighted by molar-refractivity contribution is 7.81. The van der Waals surface area contributed by atoms with Crippen LogP contribution in [0.4, 0.5) is 4.79 Å². The Labute approximate surface area is 136 Å². The molecule has 1 aromatic rings. The van der Waals surface area contributed by atoms with Gasteiger partial charge in [0.05, 0.1) is 10.7 Å². The SMILES string of the molecule is CCC(S)N(C(=O)OCc1ccc(Cl)cc1)C(S)CC. The lowest BCUT2D eigenvalue weighted by Crippen LogP contribution is -2.42. The molecule has 0 bridgehead atoms. The third kappa shape index (κ3) is 5.11. The summed E-state index contributed by atoms with van der Waals surface area (Å²) in [4.78, 5) is 13.7. The standard InChI is InChI=1S/C14H20ClNO2S2/c1-3-12(19)16(13(20)4-2)14(17)18-9-10-5-7-11(15)8-6-10/h5-8,12-13,19-20H,3-4,9H2,1-2H3. The highest BCUT2D eigenvalue weighted by atomic mass is 35.5. The topological polar surface area (TPSA) is 29.5 Å². The summed E-state index contributed by atoms with van der Waals surface area (Å²) in [5.74, 6) is 0. The fourth-order valence-electron chi connectivity index (χ4n) is 1.64. The number of ether oxygens (including phenoxy) is 1. The first kappa shape index (κ1) is 17.5. The minimum absolute atomic E-state index is 0.199. The molecular weight excluding hydrogens is 314 g/mol. The van der Waals surface area contributed by atoms with Crippen molar-refractivity contribution in [1.82, 2.24) is 4.90 Å². The van der Waals surface area contributed by atoms with Crippen molar-refractivity contribution < 1.29 is 9.53 Å². The molecule has 2 atom stereocenters. The smallest absolute Gasteiger partial charge is 0.411 e. The average Bonchev–Trinajstić information content (AvgIpc) is 2.46. The van der Waals surface area contributed by atoms with E-state index >= 15 is 0 Å². The van der Waals surface area contributed by atoms with E-state index in [1.54, 1.807) is 17.0 Å². The van der Waals surface area contributed by atoms with E-state index in [-0.39, 0.29) is 17.4 Å². The number of carbonyl (C=O) groups is 1. The molecule has 0 fully saturated rings. The highest BCUT2D eigenvalue weighted by Crippen LogP contribution is 2.20. The predicted octanol–water partition coefficient (Wildman–Crippen LogP) is 4.61. The Hall–Kier alpha value is -0.520. The van der Waals surface area contributed by atoms with E-state index in [0.717, 1.165) is 18.4 Å². The Morgan fingerprint density at radius 3 is 2.15 bits per heavy atom. The lowest BCUT2D eigenvalue weighted by molar-refractivity contribution is 0.0880. The summed E-state index contributed by atoms with van der Waals surface area (Å²) < 4.78 is 5.32. The van der Waals surface area contributed by atoms with Crippen LogP contribution in [0.3, 0.4) is 0 Å². The molecule has 112 valence electrons. The molecule has 20 heavy (non-hydrogen) atoms. The van der Waals surface area contributed by atoms with Gasteiger partial charge in [-0.1, -0.05) is 37.6 Å². The summed E-state index contributed by atoms with van der Waals surface area (Å²) in [7, 11) is 0. The molecule has 3 nitrogen and oxygen atoms in total. The van der Waals surface area contributed by atoms with Gasteiger partial charge in [-0.15, -0.1) is 0 Å². The van der Waals surface area contributed by atoms with Gasteiger partial charge >= 0.3 is 6.09 Å². The van der Waals surface area contributed by atoms with Gasteiger partial charge in [-0.2, -0.15) is 25.3 Å². The van der Waals surface area contributed by atoms with Crippen LogP contribution in [0.25, 0.3) is 0 Å². The Bertz CT molecular complexity index is 418. The number of amides is 1. The zero-order valence-corrected chi connectivity index (χ0v) is 14.2. The molecule has 0 aliphatic carbocycles. The fourth-order valence-corrected chi connectivity index (χ4v) is 2.38. The maximum Gasteiger partial charge on any atom is 0.411 e. The van der Waals surface area contributed by atoms with E-state index in [1.807, 2.05) is 26.0 Å². The first-order chi connectivity index (χ1) is 9.49. The molecule has 0 aliphatic rings. The lowest BCUT2D eigenvalue weighted by Gasteiger charge is -2.31. The summed E-state index contributed by atoms with van der Waals surface area (Å²) in [5, 5.41) is 0.259. The monoisotopic (exact) mass is 333 g/mol. The van der Waals surface area contributed by atoms with Crippen LogP contribution in [0.5, 0.6) is 0 Å². The predicted molar refractivity (Wildman–Crippen MR) is 89.6 cm³/mol. The molecule has 0 aromatic heterocycles. The van der Waals surface area contributed by atoms with Gasteiger partial charge in [0, 0.05) is 5.02 Å². The van der Waals surface area contributed by atoms with Crippen LogP contribution in [-0.4, -0.2) is 21.7 Å². The van der Waals surface area contributed by atoms with Crippen molar-refractivity contribution in [1.29, 1.82) is 0 Å². The highest BCUT2D eigenvalue weighted by Gasteiger charge is 2.26. The number of nitrogens with zero attached hydrogens (tertiary/aromatic N) is 1. The average molecular weight is 334 g/mol. The Kier molecular flexibility index (Phi) is 7.62. The van der Waals surface area contributed by atoms with E-state index in [2.05, 4.69) is 25.3 Å². The molecule has 1 rings (SSSR count). The van der Waals surface area contributed by atoms with Crippen molar-refractivity contribution in [3.05, 3.63) is 34.9 Å². The number of benzene rings is 1. The Morgan fingerprint density at radius 2 is 1.70 bits per heavy atom. The molecular formula is C14H20ClNO2S2. The summed E-state index contributed by atoms with van der Waals surface area (Å²) >= 11 is 14.6. The van der Waals surface area contributed by atoms with Gasteiger partial charge in [0.15, 0.2) is 0 Å². The Morgan fingerprint density at radius 1 is 1.20 bits per heavy atom. The summed E-state index contributed by atoms with van der Waals surface area (Å²) in [6.07, 6.45) is 1.07. The van der Waals surface area contributed by atoms with Crippen molar-refractivity contribution in [2.24, 2.45) is 0 Å². The molecule has 2 unspecified atom stereocenters.